The Labute approximate surface area is 79.2 Å². The molecule has 64 valence electrons. The summed E-state index contributed by atoms with van der Waals surface area (Å²) in [5, 5.41) is 0. The Morgan fingerprint density at radius 2 is 1.33 bits per heavy atom. The summed E-state index contributed by atoms with van der Waals surface area (Å²) in [6, 6.07) is 0. The van der Waals surface area contributed by atoms with Crippen LogP contribution in [0.2, 0.25) is 0 Å². The minimum absolute atomic E-state index is 0. The van der Waals surface area contributed by atoms with E-state index in [0.717, 1.165) is 0 Å². The Kier molecular flexibility index (Phi) is 7.94. The summed E-state index contributed by atoms with van der Waals surface area (Å²) in [7, 11) is -12.6. The summed E-state index contributed by atoms with van der Waals surface area (Å²) in [5.41, 5.74) is 0. The van der Waals surface area contributed by atoms with Gasteiger partial charge >= 0.3 is 41.7 Å². The maximum atomic E-state index is 10.1. The molecule has 0 aliphatic heterocycles. The van der Waals surface area contributed by atoms with E-state index in [9.17, 15) is 28.4 Å². The Morgan fingerprint density at radius 3 is 1.50 bits per heavy atom. The first-order chi connectivity index (χ1) is 4.83. The monoisotopic (exact) mass is 248 g/mol. The van der Waals surface area contributed by atoms with Gasteiger partial charge in [0.05, 0.1) is 0 Å². The maximum absolute atomic E-state index is 10.1. The molecule has 0 spiro atoms. The van der Waals surface area contributed by atoms with Crippen molar-refractivity contribution in [2.75, 3.05) is 0 Å². The van der Waals surface area contributed by atoms with Gasteiger partial charge in [0.1, 0.15) is 0 Å². The molecule has 0 N–H and O–H groups in total. The Balaban J connectivity index is 0. The second-order valence-electron chi connectivity index (χ2n) is 1.06. The molecule has 0 aliphatic rings. The van der Waals surface area contributed by atoms with Gasteiger partial charge in [0.2, 0.25) is 0 Å². The van der Waals surface area contributed by atoms with Gasteiger partial charge in [-0.2, -0.15) is 0 Å². The second-order valence-corrected chi connectivity index (χ2v) is 4.15. The van der Waals surface area contributed by atoms with Gasteiger partial charge in [-0.1, -0.05) is 8.62 Å². The van der Waals surface area contributed by atoms with Crippen molar-refractivity contribution in [2.45, 2.75) is 0 Å². The van der Waals surface area contributed by atoms with Crippen LogP contribution in [0.15, 0.2) is 0 Å². The molecule has 0 aliphatic carbocycles. The van der Waals surface area contributed by atoms with E-state index in [-0.39, 0.29) is 17.4 Å². The first-order valence-electron chi connectivity index (χ1n) is 1.83. The summed E-state index contributed by atoms with van der Waals surface area (Å²) in [4.78, 5) is 29.2. The quantitative estimate of drug-likeness (QED) is 0.416. The van der Waals surface area contributed by atoms with Crippen LogP contribution in [-0.2, 0) is 22.3 Å². The van der Waals surface area contributed by atoms with Crippen molar-refractivity contribution in [3.63, 3.8) is 0 Å². The molecule has 12 heteroatoms. The van der Waals surface area contributed by atoms with Crippen LogP contribution in [0.5, 0.6) is 0 Å². The summed E-state index contributed by atoms with van der Waals surface area (Å²) >= 11 is 0. The molecule has 0 aromatic rings. The Morgan fingerprint density at radius 1 is 1.08 bits per heavy atom. The average molecular weight is 248 g/mol. The molecule has 0 bridgehead atoms. The van der Waals surface area contributed by atoms with E-state index in [1.807, 2.05) is 0 Å². The fraction of sp³-hybridized carbons (Fsp3) is 0. The van der Waals surface area contributed by atoms with Crippen LogP contribution in [0.25, 0.3) is 0 Å². The van der Waals surface area contributed by atoms with Gasteiger partial charge in [-0.05, 0) is 9.13 Å². The van der Waals surface area contributed by atoms with Crippen molar-refractivity contribution in [3.8, 4) is 0 Å². The number of hydrogen-bond acceptors (Lipinski definition) is 8. The van der Waals surface area contributed by atoms with Gasteiger partial charge in [0, 0.05) is 0 Å². The maximum Gasteiger partial charge on any atom is 3.00 e. The Hall–Kier alpha value is 0.762. The molecule has 0 amide bonds. The summed E-state index contributed by atoms with van der Waals surface area (Å²) in [5.74, 6) is 0. The van der Waals surface area contributed by atoms with Crippen LogP contribution >= 0.6 is 24.3 Å². The molecule has 2 atom stereocenters. The van der Waals surface area contributed by atoms with Crippen molar-refractivity contribution in [2.24, 2.45) is 0 Å². The van der Waals surface area contributed by atoms with Crippen LogP contribution in [0, 0.1) is 0 Å². The number of hydrogen-bond donors (Lipinski definition) is 0. The van der Waals surface area contributed by atoms with E-state index in [1.54, 1.807) is 0 Å². The number of phosphoric acid groups is 1. The predicted molar refractivity (Wildman–Crippen MR) is 30.7 cm³/mol. The first kappa shape index (κ1) is 15.2. The van der Waals surface area contributed by atoms with Crippen molar-refractivity contribution < 1.29 is 37.0 Å². The molecule has 8 nitrogen and oxygen atoms in total. The zero-order valence-corrected chi connectivity index (χ0v) is 9.02. The average Bonchev–Trinajstić information content (AvgIpc) is 1.53. The molecule has 0 saturated carbocycles. The second kappa shape index (κ2) is 6.25. The molecule has 0 aromatic heterocycles. The minimum atomic E-state index is -5.25. The standard InChI is InChI=1S/Al.HO8P3/c;1-9(2)7-11(5,6)8-10(3)4/h;(H,5,6)/q+3;/p-1. The normalized spacial score (nSPS) is 17.2. The van der Waals surface area contributed by atoms with Gasteiger partial charge in [-0.3, -0.25) is 4.57 Å². The summed E-state index contributed by atoms with van der Waals surface area (Å²) < 4.78 is 35.4. The topological polar surface area (TPSA) is 139 Å². The molecule has 0 fully saturated rings. The molecule has 0 aromatic carbocycles. The zero-order valence-electron chi connectivity index (χ0n) is 5.18. The third-order valence-electron chi connectivity index (χ3n) is 0.333. The van der Waals surface area contributed by atoms with Crippen molar-refractivity contribution in [1.29, 1.82) is 0 Å². The van der Waals surface area contributed by atoms with Crippen molar-refractivity contribution >= 4 is 41.7 Å². The van der Waals surface area contributed by atoms with E-state index in [1.165, 1.54) is 0 Å². The fourth-order valence-electron chi connectivity index (χ4n) is 0.178. The van der Waals surface area contributed by atoms with E-state index in [4.69, 9.17) is 0 Å². The fourth-order valence-corrected chi connectivity index (χ4v) is 1.87. The van der Waals surface area contributed by atoms with Crippen LogP contribution in [0.3, 0.4) is 0 Å². The van der Waals surface area contributed by atoms with E-state index in [0.29, 0.717) is 0 Å². The van der Waals surface area contributed by atoms with Gasteiger partial charge < -0.3 is 14.7 Å². The molecule has 2 unspecified atom stereocenters. The molecule has 0 radical (unpaired) electrons. The van der Waals surface area contributed by atoms with Gasteiger partial charge in [0.25, 0.3) is 0 Å². The smallest absolute Gasteiger partial charge is 0.750 e. The van der Waals surface area contributed by atoms with E-state index < -0.39 is 24.3 Å². The largest absolute Gasteiger partial charge is 3.00 e. The minimum Gasteiger partial charge on any atom is -0.750 e. The molecular weight excluding hydrogens is 248 g/mol. The van der Waals surface area contributed by atoms with Gasteiger partial charge in [-0.25, -0.2) is 0 Å². The van der Waals surface area contributed by atoms with Crippen LogP contribution in [0.4, 0.5) is 0 Å². The zero-order chi connectivity index (χ0) is 9.07. The van der Waals surface area contributed by atoms with Crippen molar-refractivity contribution in [1.82, 2.24) is 0 Å². The molecular formula is AlO8P3+2. The van der Waals surface area contributed by atoms with Crippen LogP contribution in [0.1, 0.15) is 0 Å². The SMILES string of the molecule is O=[P+]([O-])OP(=O)([O-])O[P+](=O)[O-].[Al+3]. The molecule has 0 saturated heterocycles. The summed E-state index contributed by atoms with van der Waals surface area (Å²) in [6.07, 6.45) is 0. The predicted octanol–water partition coefficient (Wildman–Crippen LogP) is -1.86. The van der Waals surface area contributed by atoms with Gasteiger partial charge in [0.15, 0.2) is 0 Å². The number of rotatable bonds is 4. The van der Waals surface area contributed by atoms with Crippen LogP contribution < -0.4 is 14.7 Å². The van der Waals surface area contributed by atoms with Crippen LogP contribution in [-0.4, -0.2) is 17.4 Å². The summed E-state index contributed by atoms with van der Waals surface area (Å²) in [6.45, 7) is 0. The molecule has 12 heavy (non-hydrogen) atoms. The van der Waals surface area contributed by atoms with Crippen molar-refractivity contribution in [3.05, 3.63) is 0 Å². The van der Waals surface area contributed by atoms with E-state index in [2.05, 4.69) is 8.62 Å². The van der Waals surface area contributed by atoms with E-state index >= 15 is 0 Å². The first-order valence-corrected chi connectivity index (χ1v) is 5.48. The Bertz CT molecular complexity index is 200. The molecule has 0 heterocycles. The third-order valence-corrected chi connectivity index (χ3v) is 3.00. The third kappa shape index (κ3) is 8.86. The molecule has 0 rings (SSSR count). The van der Waals surface area contributed by atoms with Gasteiger partial charge in [-0.15, -0.1) is 0 Å².